The first-order valence-corrected chi connectivity index (χ1v) is 11.7. The average Bonchev–Trinajstić information content (AvgIpc) is 2.84. The fourth-order valence-corrected chi connectivity index (χ4v) is 3.35. The van der Waals surface area contributed by atoms with Gasteiger partial charge in [-0.05, 0) is 65.8 Å². The maximum atomic E-state index is 13.0. The molecule has 0 aliphatic rings. The maximum Gasteiger partial charge on any atom is 0.248 e. The van der Waals surface area contributed by atoms with Crippen LogP contribution in [0, 0.1) is 12.8 Å². The van der Waals surface area contributed by atoms with E-state index in [1.54, 1.807) is 6.92 Å². The van der Waals surface area contributed by atoms with Crippen molar-refractivity contribution in [2.45, 2.75) is 34.3 Å². The Morgan fingerprint density at radius 2 is 1.86 bits per heavy atom. The van der Waals surface area contributed by atoms with E-state index in [0.29, 0.717) is 36.2 Å². The van der Waals surface area contributed by atoms with E-state index in [1.165, 1.54) is 23.8 Å². The predicted molar refractivity (Wildman–Crippen MR) is 146 cm³/mol. The Balaban J connectivity index is 2.29. The molecule has 0 atom stereocenters. The number of halogens is 1. The second-order valence-electron chi connectivity index (χ2n) is 8.82. The molecule has 190 valence electrons. The quantitative estimate of drug-likeness (QED) is 0.112. The number of benzene rings is 2. The summed E-state index contributed by atoms with van der Waals surface area (Å²) < 4.78 is 19.0. The lowest BCUT2D eigenvalue weighted by atomic mass is 9.94. The Hall–Kier alpha value is -3.77. The zero-order valence-electron chi connectivity index (χ0n) is 21.5. The Morgan fingerprint density at radius 3 is 2.50 bits per heavy atom. The summed E-state index contributed by atoms with van der Waals surface area (Å²) in [6, 6.07) is 14.2. The van der Waals surface area contributed by atoms with Crippen molar-refractivity contribution in [2.75, 3.05) is 13.3 Å². The highest BCUT2D eigenvalue weighted by atomic mass is 19.1. The fraction of sp³-hybridized carbons (Fsp3) is 0.267. The third-order valence-corrected chi connectivity index (χ3v) is 5.36. The van der Waals surface area contributed by atoms with Crippen molar-refractivity contribution >= 4 is 17.4 Å². The molecule has 0 bridgehead atoms. The van der Waals surface area contributed by atoms with Crippen LogP contribution >= 0.6 is 0 Å². The van der Waals surface area contributed by atoms with Crippen molar-refractivity contribution < 1.29 is 18.8 Å². The molecule has 0 aromatic heterocycles. The summed E-state index contributed by atoms with van der Waals surface area (Å²) in [5, 5.41) is 4.11. The number of amides is 1. The average molecular weight is 491 g/mol. The van der Waals surface area contributed by atoms with Crippen LogP contribution in [0.25, 0.3) is 16.9 Å². The summed E-state index contributed by atoms with van der Waals surface area (Å²) in [6.07, 6.45) is 4.24. The number of hydrogen-bond donors (Lipinski definition) is 1. The number of hydrogen-bond acceptors (Lipinski definition) is 4. The number of nitrogens with zero attached hydrogens (tertiary/aromatic N) is 1. The number of alkyl halides is 1. The van der Waals surface area contributed by atoms with Gasteiger partial charge in [-0.1, -0.05) is 74.6 Å². The highest BCUT2D eigenvalue weighted by molar-refractivity contribution is 6.01. The van der Waals surface area contributed by atoms with Crippen LogP contribution in [-0.4, -0.2) is 24.9 Å². The monoisotopic (exact) mass is 490 g/mol. The van der Waals surface area contributed by atoms with Crippen molar-refractivity contribution in [3.8, 4) is 11.1 Å². The van der Waals surface area contributed by atoms with E-state index < -0.39 is 12.6 Å². The van der Waals surface area contributed by atoms with Gasteiger partial charge in [0, 0.05) is 17.7 Å². The summed E-state index contributed by atoms with van der Waals surface area (Å²) >= 11 is 0. The topological polar surface area (TPSA) is 73.9 Å². The summed E-state index contributed by atoms with van der Waals surface area (Å²) in [4.78, 5) is 16.8. The normalized spacial score (nSPS) is 12.3. The molecule has 2 aromatic carbocycles. The van der Waals surface area contributed by atoms with Gasteiger partial charge in [0.15, 0.2) is 5.76 Å². The molecular formula is C30H35FN2O3. The highest BCUT2D eigenvalue weighted by Gasteiger charge is 2.12. The largest absolute Gasteiger partial charge is 0.376 e. The van der Waals surface area contributed by atoms with Crippen LogP contribution in [-0.2, 0) is 21.0 Å². The van der Waals surface area contributed by atoms with E-state index in [9.17, 15) is 9.18 Å². The molecule has 0 saturated carbocycles. The van der Waals surface area contributed by atoms with E-state index in [0.717, 1.165) is 22.3 Å². The number of ether oxygens (including phenoxy) is 1. The molecule has 6 heteroatoms. The number of carbonyl (C=O) groups excluding carboxylic acids is 1. The molecule has 0 saturated heterocycles. The molecule has 0 heterocycles. The second-order valence-corrected chi connectivity index (χ2v) is 8.82. The summed E-state index contributed by atoms with van der Waals surface area (Å²) in [7, 11) is 0. The molecule has 0 aliphatic heterocycles. The molecule has 2 rings (SSSR count). The van der Waals surface area contributed by atoms with E-state index in [1.807, 2.05) is 30.3 Å². The number of aryl methyl sites for hydroxylation is 1. The summed E-state index contributed by atoms with van der Waals surface area (Å²) in [5.41, 5.74) is 11.3. The van der Waals surface area contributed by atoms with Gasteiger partial charge in [-0.15, -0.1) is 0 Å². The van der Waals surface area contributed by atoms with Crippen LogP contribution in [0.15, 0.2) is 90.2 Å². The molecule has 2 N–H and O–H groups in total. The molecule has 0 fully saturated rings. The minimum atomic E-state index is -0.712. The second kappa shape index (κ2) is 14.0. The van der Waals surface area contributed by atoms with E-state index in [4.69, 9.17) is 15.3 Å². The zero-order chi connectivity index (χ0) is 26.7. The molecule has 5 nitrogen and oxygen atoms in total. The molecule has 0 spiro atoms. The van der Waals surface area contributed by atoms with Crippen molar-refractivity contribution in [2.24, 2.45) is 16.8 Å². The first-order chi connectivity index (χ1) is 17.1. The number of primary amides is 1. The number of nitrogens with two attached hydrogens (primary N) is 1. The van der Waals surface area contributed by atoms with Gasteiger partial charge in [0.2, 0.25) is 5.91 Å². The smallest absolute Gasteiger partial charge is 0.248 e. The van der Waals surface area contributed by atoms with Gasteiger partial charge < -0.3 is 15.3 Å². The Morgan fingerprint density at radius 1 is 1.14 bits per heavy atom. The van der Waals surface area contributed by atoms with Crippen LogP contribution in [0.2, 0.25) is 0 Å². The lowest BCUT2D eigenvalue weighted by Gasteiger charge is -2.15. The number of rotatable bonds is 13. The molecular weight excluding hydrogens is 455 g/mol. The van der Waals surface area contributed by atoms with Gasteiger partial charge >= 0.3 is 0 Å². The molecule has 36 heavy (non-hydrogen) atoms. The standard InChI is InChI=1S/C30H35FN2O3/c1-20(2)18-35-19-27-17-26(13-14-29(27)28-10-8-7-9-21(28)3)24(6)36-33-23(5)25(15-16-31)12-11-22(4)30(32)34/h7-15,17,20H,4,6,16,18-19H2,1-3,5H3,(H2,32,34)/b12-11-,25-15+,33-23+. The summed E-state index contributed by atoms with van der Waals surface area (Å²) in [5.74, 6) is 0.0970. The van der Waals surface area contributed by atoms with Gasteiger partial charge in [-0.25, -0.2) is 4.39 Å². The van der Waals surface area contributed by atoms with Crippen molar-refractivity contribution in [3.63, 3.8) is 0 Å². The van der Waals surface area contributed by atoms with Crippen molar-refractivity contribution in [1.82, 2.24) is 0 Å². The zero-order valence-corrected chi connectivity index (χ0v) is 21.5. The van der Waals surface area contributed by atoms with Gasteiger partial charge in [0.25, 0.3) is 0 Å². The van der Waals surface area contributed by atoms with Crippen LogP contribution in [0.5, 0.6) is 0 Å². The minimum Gasteiger partial charge on any atom is -0.376 e. The van der Waals surface area contributed by atoms with Crippen LogP contribution < -0.4 is 5.73 Å². The van der Waals surface area contributed by atoms with Crippen molar-refractivity contribution in [3.05, 3.63) is 102 Å². The summed E-state index contributed by atoms with van der Waals surface area (Å²) in [6.45, 7) is 15.9. The van der Waals surface area contributed by atoms with Crippen LogP contribution in [0.4, 0.5) is 4.39 Å². The molecule has 0 aliphatic carbocycles. The SMILES string of the molecule is C=C(\C=C/C(=C\CF)C(/C)=N/OC(=C)c1ccc(-c2ccccc2C)c(COCC(C)C)c1)C(N)=O. The first-order valence-electron chi connectivity index (χ1n) is 11.7. The van der Waals surface area contributed by atoms with E-state index >= 15 is 0 Å². The number of allylic oxidation sites excluding steroid dienone is 3. The predicted octanol–water partition coefficient (Wildman–Crippen LogP) is 6.69. The Bertz CT molecular complexity index is 1190. The third-order valence-electron chi connectivity index (χ3n) is 5.36. The molecule has 0 radical (unpaired) electrons. The maximum absolute atomic E-state index is 13.0. The van der Waals surface area contributed by atoms with Gasteiger partial charge in [0.1, 0.15) is 6.67 Å². The van der Waals surface area contributed by atoms with Gasteiger partial charge in [-0.2, -0.15) is 0 Å². The number of oxime groups is 1. The van der Waals surface area contributed by atoms with E-state index in [2.05, 4.69) is 51.2 Å². The van der Waals surface area contributed by atoms with E-state index in [-0.39, 0.29) is 5.57 Å². The highest BCUT2D eigenvalue weighted by Crippen LogP contribution is 2.30. The Labute approximate surface area is 213 Å². The lowest BCUT2D eigenvalue weighted by molar-refractivity contribution is -0.114. The Kier molecular flexibility index (Phi) is 11.0. The van der Waals surface area contributed by atoms with Crippen LogP contribution in [0.3, 0.4) is 0 Å². The van der Waals surface area contributed by atoms with Gasteiger partial charge in [-0.3, -0.25) is 4.79 Å². The van der Waals surface area contributed by atoms with Gasteiger partial charge in [0.05, 0.1) is 12.3 Å². The number of carbonyl (C=O) groups is 1. The van der Waals surface area contributed by atoms with Crippen molar-refractivity contribution in [1.29, 1.82) is 0 Å². The third kappa shape index (κ3) is 8.47. The molecule has 1 amide bonds. The first kappa shape index (κ1) is 28.5. The minimum absolute atomic E-state index is 0.0962. The molecule has 0 unspecified atom stereocenters. The lowest BCUT2D eigenvalue weighted by Crippen LogP contribution is -2.11. The molecule has 2 aromatic rings. The van der Waals surface area contributed by atoms with Crippen LogP contribution in [0.1, 0.15) is 37.5 Å². The fourth-order valence-electron chi connectivity index (χ4n) is 3.35.